The van der Waals surface area contributed by atoms with E-state index < -0.39 is 40.5 Å². The van der Waals surface area contributed by atoms with Gasteiger partial charge < -0.3 is 14.4 Å². The zero-order chi connectivity index (χ0) is 25.8. The van der Waals surface area contributed by atoms with E-state index >= 15 is 0 Å². The minimum absolute atomic E-state index is 0.127. The van der Waals surface area contributed by atoms with Crippen LogP contribution in [0.1, 0.15) is 40.7 Å². The van der Waals surface area contributed by atoms with E-state index in [-0.39, 0.29) is 47.8 Å². The molecule has 1 aliphatic carbocycles. The second-order valence-corrected chi connectivity index (χ2v) is 9.07. The number of anilines is 2. The van der Waals surface area contributed by atoms with Crippen molar-refractivity contribution >= 4 is 40.6 Å². The van der Waals surface area contributed by atoms with Crippen LogP contribution in [0.5, 0.6) is 0 Å². The molecule has 12 heteroatoms. The van der Waals surface area contributed by atoms with Crippen LogP contribution >= 0.6 is 12.2 Å². The summed E-state index contributed by atoms with van der Waals surface area (Å²) in [6.45, 7) is 0.0477. The molecule has 0 bridgehead atoms. The first-order valence-corrected chi connectivity index (χ1v) is 11.4. The van der Waals surface area contributed by atoms with Gasteiger partial charge in [0.15, 0.2) is 10.7 Å². The van der Waals surface area contributed by atoms with Gasteiger partial charge in [-0.15, -0.1) is 0 Å². The van der Waals surface area contributed by atoms with Crippen molar-refractivity contribution in [2.24, 2.45) is 0 Å². The zero-order valence-corrected chi connectivity index (χ0v) is 19.3. The van der Waals surface area contributed by atoms with Crippen LogP contribution in [0.4, 0.5) is 28.9 Å². The number of ether oxygens (including phenoxy) is 2. The summed E-state index contributed by atoms with van der Waals surface area (Å²) in [5.41, 5.74) is -3.56. The Morgan fingerprint density at radius 1 is 1.19 bits per heavy atom. The van der Waals surface area contributed by atoms with E-state index in [1.807, 2.05) is 0 Å². The van der Waals surface area contributed by atoms with E-state index in [2.05, 4.69) is 0 Å². The Kier molecular flexibility index (Phi) is 5.72. The van der Waals surface area contributed by atoms with Crippen LogP contribution in [-0.2, 0) is 20.4 Å². The number of esters is 1. The normalized spacial score (nSPS) is 21.9. The molecule has 36 heavy (non-hydrogen) atoms. The molecule has 7 nitrogen and oxygen atoms in total. The maximum absolute atomic E-state index is 15.0. The molecular weight excluding hydrogens is 502 g/mol. The van der Waals surface area contributed by atoms with Gasteiger partial charge in [0.25, 0.3) is 5.91 Å². The van der Waals surface area contributed by atoms with Crippen LogP contribution in [-0.4, -0.2) is 41.8 Å². The number of hydrogen-bond donors (Lipinski definition) is 0. The fourth-order valence-corrected chi connectivity index (χ4v) is 4.84. The monoisotopic (exact) mass is 519 g/mol. The van der Waals surface area contributed by atoms with E-state index in [1.165, 1.54) is 29.2 Å². The van der Waals surface area contributed by atoms with Gasteiger partial charge in [-0.1, -0.05) is 0 Å². The molecule has 186 valence electrons. The molecule has 3 aliphatic rings. The molecule has 1 amide bonds. The van der Waals surface area contributed by atoms with Crippen molar-refractivity contribution in [2.75, 3.05) is 23.0 Å². The Labute approximate surface area is 207 Å². The van der Waals surface area contributed by atoms with Crippen LogP contribution in [0, 0.1) is 17.1 Å². The van der Waals surface area contributed by atoms with E-state index in [4.69, 9.17) is 27.0 Å². The Morgan fingerprint density at radius 3 is 2.50 bits per heavy atom. The molecule has 3 fully saturated rings. The molecule has 1 saturated carbocycles. The molecular formula is C24H17F4N3O4S. The zero-order valence-electron chi connectivity index (χ0n) is 18.5. The predicted octanol–water partition coefficient (Wildman–Crippen LogP) is 4.33. The highest BCUT2D eigenvalue weighted by Crippen LogP contribution is 2.43. The van der Waals surface area contributed by atoms with E-state index in [0.717, 1.165) is 29.9 Å². The average molecular weight is 519 g/mol. The summed E-state index contributed by atoms with van der Waals surface area (Å²) in [4.78, 5) is 28.1. The van der Waals surface area contributed by atoms with Gasteiger partial charge in [0.05, 0.1) is 35.1 Å². The second-order valence-electron chi connectivity index (χ2n) is 8.70. The first kappa shape index (κ1) is 24.1. The fraction of sp³-hybridized carbons (Fsp3) is 0.333. The summed E-state index contributed by atoms with van der Waals surface area (Å²) in [7, 11) is 0. The van der Waals surface area contributed by atoms with Gasteiger partial charge in [0, 0.05) is 18.7 Å². The molecule has 0 N–H and O–H groups in total. The van der Waals surface area contributed by atoms with Crippen LogP contribution in [0.3, 0.4) is 0 Å². The lowest BCUT2D eigenvalue weighted by Gasteiger charge is -2.31. The average Bonchev–Trinajstić information content (AvgIpc) is 3.45. The molecule has 5 rings (SSSR count). The Hall–Kier alpha value is -3.56. The third kappa shape index (κ3) is 3.88. The maximum Gasteiger partial charge on any atom is 0.417 e. The third-order valence-corrected chi connectivity index (χ3v) is 6.69. The number of alkyl halides is 3. The lowest BCUT2D eigenvalue weighted by atomic mass is 9.95. The second kappa shape index (κ2) is 8.53. The van der Waals surface area contributed by atoms with E-state index in [0.29, 0.717) is 6.07 Å². The van der Waals surface area contributed by atoms with Gasteiger partial charge >= 0.3 is 12.1 Å². The lowest BCUT2D eigenvalue weighted by molar-refractivity contribution is -0.137. The number of amides is 1. The molecule has 0 radical (unpaired) electrons. The minimum atomic E-state index is -4.84. The number of carbonyl (C=O) groups excluding carboxylic acids is 2. The first-order valence-electron chi connectivity index (χ1n) is 11.0. The van der Waals surface area contributed by atoms with Gasteiger partial charge in [0.1, 0.15) is 11.9 Å². The van der Waals surface area contributed by atoms with E-state index in [9.17, 15) is 27.2 Å². The van der Waals surface area contributed by atoms with Gasteiger partial charge in [-0.3, -0.25) is 9.69 Å². The topological polar surface area (TPSA) is 82.9 Å². The number of thiocarbonyl (C=S) groups is 1. The largest absolute Gasteiger partial charge is 0.459 e. The fourth-order valence-electron chi connectivity index (χ4n) is 4.37. The molecule has 0 aromatic heterocycles. The summed E-state index contributed by atoms with van der Waals surface area (Å²) in [5.74, 6) is -2.33. The molecule has 2 aliphatic heterocycles. The van der Waals surface area contributed by atoms with Crippen molar-refractivity contribution in [3.8, 4) is 6.07 Å². The Morgan fingerprint density at radius 2 is 1.92 bits per heavy atom. The molecule has 0 unspecified atom stereocenters. The summed E-state index contributed by atoms with van der Waals surface area (Å²) >= 11 is 5.52. The van der Waals surface area contributed by atoms with Crippen molar-refractivity contribution in [2.45, 2.75) is 37.1 Å². The predicted molar refractivity (Wildman–Crippen MR) is 122 cm³/mol. The number of carbonyl (C=O) groups is 2. The summed E-state index contributed by atoms with van der Waals surface area (Å²) < 4.78 is 66.2. The van der Waals surface area contributed by atoms with Crippen molar-refractivity contribution in [3.63, 3.8) is 0 Å². The highest BCUT2D eigenvalue weighted by molar-refractivity contribution is 7.81. The van der Waals surface area contributed by atoms with Gasteiger partial charge in [-0.05, 0) is 61.5 Å². The van der Waals surface area contributed by atoms with E-state index in [1.54, 1.807) is 0 Å². The Balaban J connectivity index is 1.55. The summed E-state index contributed by atoms with van der Waals surface area (Å²) in [6, 6.07) is 8.00. The summed E-state index contributed by atoms with van der Waals surface area (Å²) in [5, 5.41) is 8.91. The molecule has 2 aromatic rings. The van der Waals surface area contributed by atoms with Crippen LogP contribution < -0.4 is 9.80 Å². The molecule has 2 aromatic carbocycles. The minimum Gasteiger partial charge on any atom is -0.459 e. The van der Waals surface area contributed by atoms with Crippen molar-refractivity contribution in [3.05, 3.63) is 58.9 Å². The highest BCUT2D eigenvalue weighted by atomic mass is 32.1. The number of benzene rings is 2. The lowest BCUT2D eigenvalue weighted by Crippen LogP contribution is -2.50. The van der Waals surface area contributed by atoms with Crippen molar-refractivity contribution in [1.29, 1.82) is 5.26 Å². The molecule has 1 spiro atoms. The smallest absolute Gasteiger partial charge is 0.417 e. The van der Waals surface area contributed by atoms with Gasteiger partial charge in [-0.25, -0.2) is 9.18 Å². The quantitative estimate of drug-likeness (QED) is 0.338. The number of rotatable bonds is 4. The summed E-state index contributed by atoms with van der Waals surface area (Å²) in [6.07, 6.45) is -3.47. The number of nitrogens with zero attached hydrogens (tertiary/aromatic N) is 3. The van der Waals surface area contributed by atoms with Crippen LogP contribution in [0.25, 0.3) is 0 Å². The standard InChI is InChI=1S/C24H17F4N3O4S/c25-19-10-15(3-6-17(19)20(32)35-16-4-5-16)31-22(36)30(21(33)23(31)7-8-34-12-23)14-2-1-13(11-29)18(9-14)24(26,27)28/h1-3,6,9-10,16H,4-5,7-8,12H2/t23-/m1/s1. The van der Waals surface area contributed by atoms with Gasteiger partial charge in [0.2, 0.25) is 0 Å². The third-order valence-electron chi connectivity index (χ3n) is 6.33. The van der Waals surface area contributed by atoms with Crippen LogP contribution in [0.15, 0.2) is 36.4 Å². The van der Waals surface area contributed by atoms with Crippen molar-refractivity contribution < 1.29 is 36.6 Å². The van der Waals surface area contributed by atoms with Crippen molar-refractivity contribution in [1.82, 2.24) is 0 Å². The first-order chi connectivity index (χ1) is 17.1. The molecule has 2 heterocycles. The highest BCUT2D eigenvalue weighted by Gasteiger charge is 2.58. The number of hydrogen-bond acceptors (Lipinski definition) is 6. The SMILES string of the molecule is N#Cc1ccc(N2C(=O)[C@]3(CCOC3)N(c3ccc(C(=O)OC4CC4)c(F)c3)C2=S)cc1C(F)(F)F. The Bertz CT molecular complexity index is 1330. The van der Waals surface area contributed by atoms with Gasteiger partial charge in [-0.2, -0.15) is 18.4 Å². The number of nitriles is 1. The molecule has 2 saturated heterocycles. The van der Waals surface area contributed by atoms with Crippen LogP contribution in [0.2, 0.25) is 0 Å². The maximum atomic E-state index is 15.0. The number of halogens is 4. The molecule has 1 atom stereocenters.